The third-order valence-corrected chi connectivity index (χ3v) is 6.54. The zero-order valence-electron chi connectivity index (χ0n) is 17.9. The van der Waals surface area contributed by atoms with Crippen LogP contribution in [0.25, 0.3) is 10.8 Å². The fourth-order valence-corrected chi connectivity index (χ4v) is 4.63. The van der Waals surface area contributed by atoms with E-state index in [1.807, 2.05) is 13.9 Å². The fourth-order valence-electron chi connectivity index (χ4n) is 4.63. The molecule has 0 radical (unpaired) electrons. The standard InChI is InChI=1S/C22H31BN2O4.2ClH/c23-20(2-1-11-26)22(24,21(28)29)18-7-9-25(10-8-18)14-15-3-4-16-5-6-19(27)13-17(16)12-15;;/h3-6,12-13,18,20,26-27H,1-2,7-11,14,23-24H2,(H,28,29);2*1H. The van der Waals surface area contributed by atoms with E-state index in [1.54, 1.807) is 12.1 Å². The highest BCUT2D eigenvalue weighted by Crippen LogP contribution is 2.37. The van der Waals surface area contributed by atoms with Gasteiger partial charge in [-0.3, -0.25) is 9.69 Å². The summed E-state index contributed by atoms with van der Waals surface area (Å²) in [5, 5.41) is 30.8. The number of piperidine rings is 1. The Morgan fingerprint density at radius 2 is 1.81 bits per heavy atom. The molecule has 1 saturated heterocycles. The Bertz CT molecular complexity index is 865. The Labute approximate surface area is 197 Å². The van der Waals surface area contributed by atoms with Crippen molar-refractivity contribution in [3.05, 3.63) is 42.0 Å². The maximum Gasteiger partial charge on any atom is 0.323 e. The Morgan fingerprint density at radius 3 is 2.42 bits per heavy atom. The van der Waals surface area contributed by atoms with E-state index in [4.69, 9.17) is 10.8 Å². The second-order valence-corrected chi connectivity index (χ2v) is 8.42. The summed E-state index contributed by atoms with van der Waals surface area (Å²) in [6.07, 6.45) is 2.69. The summed E-state index contributed by atoms with van der Waals surface area (Å²) in [5.41, 5.74) is 6.38. The number of hydrogen-bond donors (Lipinski definition) is 4. The Balaban J connectivity index is 0.00000240. The van der Waals surface area contributed by atoms with E-state index in [-0.39, 0.29) is 48.9 Å². The third kappa shape index (κ3) is 6.27. The lowest BCUT2D eigenvalue weighted by Gasteiger charge is -2.43. The molecule has 2 atom stereocenters. The molecular weight excluding hydrogens is 438 g/mol. The second kappa shape index (κ2) is 11.9. The number of carboxylic acids is 1. The first kappa shape index (κ1) is 27.5. The van der Waals surface area contributed by atoms with Crippen molar-refractivity contribution in [1.82, 2.24) is 4.90 Å². The van der Waals surface area contributed by atoms with Gasteiger partial charge in [-0.15, -0.1) is 24.8 Å². The fraction of sp³-hybridized carbons (Fsp3) is 0.500. The number of aliphatic carboxylic acids is 1. The molecule has 0 spiro atoms. The van der Waals surface area contributed by atoms with E-state index >= 15 is 0 Å². The molecule has 3 rings (SSSR count). The topological polar surface area (TPSA) is 107 Å². The van der Waals surface area contributed by atoms with E-state index in [1.165, 1.54) is 5.56 Å². The van der Waals surface area contributed by atoms with Crippen LogP contribution < -0.4 is 5.73 Å². The number of nitrogens with zero attached hydrogens (tertiary/aromatic N) is 1. The molecule has 1 fully saturated rings. The monoisotopic (exact) mass is 470 g/mol. The van der Waals surface area contributed by atoms with Crippen molar-refractivity contribution >= 4 is 49.4 Å². The second-order valence-electron chi connectivity index (χ2n) is 8.42. The number of carboxylic acid groups (broad SMARTS) is 1. The molecule has 6 nitrogen and oxygen atoms in total. The summed E-state index contributed by atoms with van der Waals surface area (Å²) in [7, 11) is 1.89. The van der Waals surface area contributed by atoms with Crippen LogP contribution in [-0.4, -0.2) is 59.3 Å². The van der Waals surface area contributed by atoms with Crippen LogP contribution in [0.4, 0.5) is 0 Å². The molecule has 172 valence electrons. The van der Waals surface area contributed by atoms with E-state index in [0.29, 0.717) is 12.8 Å². The van der Waals surface area contributed by atoms with Gasteiger partial charge >= 0.3 is 5.97 Å². The summed E-state index contributed by atoms with van der Waals surface area (Å²) in [4.78, 5) is 14.4. The first-order chi connectivity index (χ1) is 13.8. The molecule has 2 unspecified atom stereocenters. The van der Waals surface area contributed by atoms with Gasteiger partial charge in [0.25, 0.3) is 0 Å². The quantitative estimate of drug-likeness (QED) is 0.441. The smallest absolute Gasteiger partial charge is 0.323 e. The number of fused-ring (bicyclic) bond motifs is 1. The number of rotatable bonds is 8. The highest BCUT2D eigenvalue weighted by atomic mass is 35.5. The molecular formula is C22H33BCl2N2O4. The number of aliphatic hydroxyl groups is 1. The molecule has 5 N–H and O–H groups in total. The summed E-state index contributed by atoms with van der Waals surface area (Å²) in [5.74, 6) is -0.926. The molecule has 0 aliphatic carbocycles. The Morgan fingerprint density at radius 1 is 1.16 bits per heavy atom. The number of phenols is 1. The van der Waals surface area contributed by atoms with Crippen molar-refractivity contribution in [3.8, 4) is 5.75 Å². The molecule has 0 amide bonds. The Kier molecular flexibility index (Phi) is 10.6. The van der Waals surface area contributed by atoms with Crippen molar-refractivity contribution < 1.29 is 20.1 Å². The molecule has 0 bridgehead atoms. The molecule has 1 aliphatic heterocycles. The highest BCUT2D eigenvalue weighted by molar-refractivity contribution is 6.15. The van der Waals surface area contributed by atoms with Gasteiger partial charge < -0.3 is 21.1 Å². The first-order valence-electron chi connectivity index (χ1n) is 10.4. The summed E-state index contributed by atoms with van der Waals surface area (Å²) in [6, 6.07) is 11.6. The molecule has 2 aromatic rings. The van der Waals surface area contributed by atoms with Crippen molar-refractivity contribution in [2.24, 2.45) is 11.7 Å². The van der Waals surface area contributed by atoms with Crippen LogP contribution in [0.15, 0.2) is 36.4 Å². The molecule has 1 aliphatic rings. The average Bonchev–Trinajstić information content (AvgIpc) is 2.71. The van der Waals surface area contributed by atoms with Crippen LogP contribution in [0.1, 0.15) is 31.2 Å². The normalized spacial score (nSPS) is 17.9. The minimum absolute atomic E-state index is 0. The number of aromatic hydroxyl groups is 1. The first-order valence-corrected chi connectivity index (χ1v) is 10.4. The lowest BCUT2D eigenvalue weighted by atomic mass is 9.61. The number of likely N-dealkylation sites (tertiary alicyclic amines) is 1. The maximum atomic E-state index is 12.0. The zero-order chi connectivity index (χ0) is 21.0. The molecule has 0 saturated carbocycles. The summed E-state index contributed by atoms with van der Waals surface area (Å²) in [6.45, 7) is 2.47. The number of nitrogens with two attached hydrogens (primary N) is 1. The van der Waals surface area contributed by atoms with E-state index in [0.717, 1.165) is 43.2 Å². The van der Waals surface area contributed by atoms with Gasteiger partial charge in [-0.2, -0.15) is 0 Å². The summed E-state index contributed by atoms with van der Waals surface area (Å²) < 4.78 is 0. The van der Waals surface area contributed by atoms with Crippen molar-refractivity contribution in [2.75, 3.05) is 19.7 Å². The van der Waals surface area contributed by atoms with Gasteiger partial charge in [-0.25, -0.2) is 0 Å². The SMILES string of the molecule is BC(CCCO)C(N)(C(=O)O)C1CCN(Cc2ccc3ccc(O)cc3c2)CC1.Cl.Cl. The number of aliphatic hydroxyl groups excluding tert-OH is 1. The predicted octanol–water partition coefficient (Wildman–Crippen LogP) is 2.58. The number of hydrogen-bond acceptors (Lipinski definition) is 5. The van der Waals surface area contributed by atoms with Gasteiger partial charge in [0.05, 0.1) is 0 Å². The number of benzene rings is 2. The maximum absolute atomic E-state index is 12.0. The lowest BCUT2D eigenvalue weighted by Crippen LogP contribution is -2.59. The zero-order valence-corrected chi connectivity index (χ0v) is 19.5. The molecule has 0 aromatic heterocycles. The van der Waals surface area contributed by atoms with Gasteiger partial charge in [0.15, 0.2) is 0 Å². The van der Waals surface area contributed by atoms with Crippen LogP contribution in [0.3, 0.4) is 0 Å². The van der Waals surface area contributed by atoms with Crippen molar-refractivity contribution in [3.63, 3.8) is 0 Å². The minimum Gasteiger partial charge on any atom is -0.508 e. The molecule has 2 aromatic carbocycles. The lowest BCUT2D eigenvalue weighted by molar-refractivity contribution is -0.147. The minimum atomic E-state index is -1.25. The van der Waals surface area contributed by atoms with Gasteiger partial charge in [-0.05, 0) is 78.6 Å². The Hall–Kier alpha value is -1.51. The van der Waals surface area contributed by atoms with Crippen LogP contribution in [0.2, 0.25) is 5.82 Å². The van der Waals surface area contributed by atoms with Gasteiger partial charge in [-0.1, -0.05) is 24.6 Å². The molecule has 31 heavy (non-hydrogen) atoms. The number of phenolic OH excluding ortho intramolecular Hbond substituents is 1. The largest absolute Gasteiger partial charge is 0.508 e. The summed E-state index contributed by atoms with van der Waals surface area (Å²) >= 11 is 0. The van der Waals surface area contributed by atoms with Gasteiger partial charge in [0, 0.05) is 13.2 Å². The third-order valence-electron chi connectivity index (χ3n) is 6.54. The predicted molar refractivity (Wildman–Crippen MR) is 131 cm³/mol. The van der Waals surface area contributed by atoms with Crippen LogP contribution in [0, 0.1) is 5.92 Å². The van der Waals surface area contributed by atoms with Gasteiger partial charge in [0.2, 0.25) is 0 Å². The van der Waals surface area contributed by atoms with Crippen molar-refractivity contribution in [1.29, 1.82) is 0 Å². The van der Waals surface area contributed by atoms with E-state index < -0.39 is 11.5 Å². The number of carbonyl (C=O) groups is 1. The van der Waals surface area contributed by atoms with Crippen molar-refractivity contribution in [2.45, 2.75) is 43.6 Å². The number of halogens is 2. The van der Waals surface area contributed by atoms with E-state index in [9.17, 15) is 15.0 Å². The average molecular weight is 471 g/mol. The van der Waals surface area contributed by atoms with Crippen LogP contribution in [0.5, 0.6) is 5.75 Å². The van der Waals surface area contributed by atoms with Crippen LogP contribution in [-0.2, 0) is 11.3 Å². The van der Waals surface area contributed by atoms with E-state index in [2.05, 4.69) is 23.1 Å². The van der Waals surface area contributed by atoms with Crippen LogP contribution >= 0.6 is 24.8 Å². The van der Waals surface area contributed by atoms with Gasteiger partial charge in [0.1, 0.15) is 19.1 Å². The molecule has 1 heterocycles. The highest BCUT2D eigenvalue weighted by Gasteiger charge is 2.46. The molecule has 9 heteroatoms.